The van der Waals surface area contributed by atoms with E-state index in [1.54, 1.807) is 4.90 Å². The molecule has 0 bridgehead atoms. The minimum atomic E-state index is -0.176. The van der Waals surface area contributed by atoms with Crippen LogP contribution in [0, 0.1) is 5.92 Å². The van der Waals surface area contributed by atoms with Gasteiger partial charge in [-0.2, -0.15) is 5.10 Å². The average molecular weight is 342 g/mol. The number of hydrogen-bond donors (Lipinski definition) is 2. The fraction of sp³-hybridized carbons (Fsp3) is 0.474. The number of aliphatic hydroxyl groups is 1. The molecule has 2 amide bonds. The number of likely N-dealkylation sites (tertiary alicyclic amines) is 1. The van der Waals surface area contributed by atoms with Gasteiger partial charge in [0, 0.05) is 24.2 Å². The van der Waals surface area contributed by atoms with Crippen LogP contribution >= 0.6 is 0 Å². The molecule has 2 heterocycles. The van der Waals surface area contributed by atoms with Crippen LogP contribution in [0.2, 0.25) is 0 Å². The Labute approximate surface area is 148 Å². The Kier molecular flexibility index (Phi) is 5.08. The first-order valence-corrected chi connectivity index (χ1v) is 8.84. The smallest absolute Gasteiger partial charge is 0.323 e. The largest absolute Gasteiger partial charge is 0.394 e. The third-order valence-corrected chi connectivity index (χ3v) is 4.86. The summed E-state index contributed by atoms with van der Waals surface area (Å²) in [4.78, 5) is 14.4. The number of carbonyl (C=O) groups is 1. The van der Waals surface area contributed by atoms with Gasteiger partial charge in [-0.3, -0.25) is 5.32 Å². The summed E-state index contributed by atoms with van der Waals surface area (Å²) in [6.45, 7) is 6.80. The van der Waals surface area contributed by atoms with Crippen molar-refractivity contribution in [2.75, 3.05) is 18.5 Å². The molecular formula is C19H26N4O2. The summed E-state index contributed by atoms with van der Waals surface area (Å²) in [7, 11) is 0. The Morgan fingerprint density at radius 2 is 2.08 bits per heavy atom. The summed E-state index contributed by atoms with van der Waals surface area (Å²) < 4.78 is 1.83. The van der Waals surface area contributed by atoms with Crippen LogP contribution in [0.3, 0.4) is 0 Å². The molecule has 3 rings (SSSR count). The SMILES string of the molecule is CC(C)n1nc(-c2ccccc2)cc1NC(=O)N1CC[C@@H](C)[C@@H]1CO. The standard InChI is InChI=1S/C19H26N4O2/c1-13(2)23-18(11-16(21-23)15-7-5-4-6-8-15)20-19(25)22-10-9-14(3)17(22)12-24/h4-8,11,13-14,17,24H,9-10,12H2,1-3H3,(H,20,25)/t14-,17+/m1/s1. The number of nitrogens with zero attached hydrogens (tertiary/aromatic N) is 3. The molecule has 2 N–H and O–H groups in total. The number of aliphatic hydroxyl groups excluding tert-OH is 1. The minimum absolute atomic E-state index is 0.00665. The number of aromatic nitrogens is 2. The second kappa shape index (κ2) is 7.27. The van der Waals surface area contributed by atoms with Crippen molar-refractivity contribution in [1.29, 1.82) is 0 Å². The van der Waals surface area contributed by atoms with Crippen LogP contribution in [0.5, 0.6) is 0 Å². The zero-order chi connectivity index (χ0) is 18.0. The van der Waals surface area contributed by atoms with Gasteiger partial charge in [-0.1, -0.05) is 37.3 Å². The van der Waals surface area contributed by atoms with Gasteiger partial charge in [-0.15, -0.1) is 0 Å². The second-order valence-electron chi connectivity index (χ2n) is 6.96. The maximum Gasteiger partial charge on any atom is 0.323 e. The van der Waals surface area contributed by atoms with Gasteiger partial charge in [0.1, 0.15) is 5.82 Å². The molecule has 0 spiro atoms. The first-order chi connectivity index (χ1) is 12.0. The predicted molar refractivity (Wildman–Crippen MR) is 98.4 cm³/mol. The Morgan fingerprint density at radius 3 is 2.72 bits per heavy atom. The normalized spacial score (nSPS) is 20.3. The topological polar surface area (TPSA) is 70.4 Å². The molecule has 134 valence electrons. The monoisotopic (exact) mass is 342 g/mol. The highest BCUT2D eigenvalue weighted by atomic mass is 16.3. The summed E-state index contributed by atoms with van der Waals surface area (Å²) in [5.74, 6) is 0.987. The van der Waals surface area contributed by atoms with Crippen molar-refractivity contribution < 1.29 is 9.90 Å². The van der Waals surface area contributed by atoms with Crippen LogP contribution in [-0.2, 0) is 0 Å². The molecule has 1 saturated heterocycles. The average Bonchev–Trinajstić information content (AvgIpc) is 3.19. The molecule has 2 aromatic rings. The van der Waals surface area contributed by atoms with E-state index in [2.05, 4.69) is 17.3 Å². The number of amides is 2. The summed E-state index contributed by atoms with van der Waals surface area (Å²) in [5, 5.41) is 17.2. The number of hydrogen-bond acceptors (Lipinski definition) is 3. The molecule has 2 atom stereocenters. The highest BCUT2D eigenvalue weighted by Crippen LogP contribution is 2.27. The number of anilines is 1. The number of benzene rings is 1. The quantitative estimate of drug-likeness (QED) is 0.895. The fourth-order valence-electron chi connectivity index (χ4n) is 3.35. The van der Waals surface area contributed by atoms with E-state index < -0.39 is 0 Å². The molecule has 6 heteroatoms. The summed E-state index contributed by atoms with van der Waals surface area (Å²) in [6.07, 6.45) is 0.914. The van der Waals surface area contributed by atoms with E-state index in [0.29, 0.717) is 18.3 Å². The van der Waals surface area contributed by atoms with Gasteiger partial charge in [0.15, 0.2) is 0 Å². The number of rotatable bonds is 4. The summed E-state index contributed by atoms with van der Waals surface area (Å²) >= 11 is 0. The van der Waals surface area contributed by atoms with Crippen molar-refractivity contribution >= 4 is 11.8 Å². The number of nitrogens with one attached hydrogen (secondary N) is 1. The van der Waals surface area contributed by atoms with E-state index in [-0.39, 0.29) is 24.7 Å². The Bertz CT molecular complexity index is 726. The van der Waals surface area contributed by atoms with Gasteiger partial charge in [0.25, 0.3) is 0 Å². The third-order valence-electron chi connectivity index (χ3n) is 4.86. The van der Waals surface area contributed by atoms with Crippen LogP contribution in [0.4, 0.5) is 10.6 Å². The molecule has 0 aliphatic carbocycles. The van der Waals surface area contributed by atoms with E-state index in [1.807, 2.05) is 54.9 Å². The maximum atomic E-state index is 12.7. The number of carbonyl (C=O) groups excluding carboxylic acids is 1. The third kappa shape index (κ3) is 3.54. The molecule has 6 nitrogen and oxygen atoms in total. The van der Waals surface area contributed by atoms with Gasteiger partial charge in [-0.05, 0) is 26.2 Å². The van der Waals surface area contributed by atoms with Crippen LogP contribution < -0.4 is 5.32 Å². The Morgan fingerprint density at radius 1 is 1.36 bits per heavy atom. The van der Waals surface area contributed by atoms with Crippen LogP contribution in [-0.4, -0.2) is 45.0 Å². The van der Waals surface area contributed by atoms with E-state index in [9.17, 15) is 9.90 Å². The highest BCUT2D eigenvalue weighted by Gasteiger charge is 2.34. The molecule has 0 unspecified atom stereocenters. The molecule has 25 heavy (non-hydrogen) atoms. The van der Waals surface area contributed by atoms with Gasteiger partial charge >= 0.3 is 6.03 Å². The van der Waals surface area contributed by atoms with Crippen molar-refractivity contribution in [3.05, 3.63) is 36.4 Å². The van der Waals surface area contributed by atoms with Crippen LogP contribution in [0.15, 0.2) is 36.4 Å². The van der Waals surface area contributed by atoms with E-state index >= 15 is 0 Å². The van der Waals surface area contributed by atoms with Gasteiger partial charge in [0.05, 0.1) is 18.3 Å². The van der Waals surface area contributed by atoms with Crippen molar-refractivity contribution in [2.45, 2.75) is 39.3 Å². The zero-order valence-corrected chi connectivity index (χ0v) is 15.0. The number of urea groups is 1. The second-order valence-corrected chi connectivity index (χ2v) is 6.96. The summed E-state index contributed by atoms with van der Waals surface area (Å²) in [6, 6.07) is 11.6. The first-order valence-electron chi connectivity index (χ1n) is 8.84. The van der Waals surface area contributed by atoms with Gasteiger partial charge < -0.3 is 10.0 Å². The molecule has 1 aromatic heterocycles. The molecule has 1 aromatic carbocycles. The lowest BCUT2D eigenvalue weighted by Crippen LogP contribution is -2.42. The zero-order valence-electron chi connectivity index (χ0n) is 15.0. The lowest BCUT2D eigenvalue weighted by atomic mass is 10.0. The Balaban J connectivity index is 1.84. The summed E-state index contributed by atoms with van der Waals surface area (Å²) in [5.41, 5.74) is 1.85. The minimum Gasteiger partial charge on any atom is -0.394 e. The van der Waals surface area contributed by atoms with Gasteiger partial charge in [-0.25, -0.2) is 9.48 Å². The molecule has 1 aliphatic rings. The van der Waals surface area contributed by atoms with Crippen LogP contribution in [0.1, 0.15) is 33.2 Å². The molecular weight excluding hydrogens is 316 g/mol. The lowest BCUT2D eigenvalue weighted by molar-refractivity contribution is 0.152. The van der Waals surface area contributed by atoms with Crippen molar-refractivity contribution in [3.8, 4) is 11.3 Å². The highest BCUT2D eigenvalue weighted by molar-refractivity contribution is 5.89. The Hall–Kier alpha value is -2.34. The van der Waals surface area contributed by atoms with Crippen LogP contribution in [0.25, 0.3) is 11.3 Å². The van der Waals surface area contributed by atoms with E-state index in [4.69, 9.17) is 0 Å². The molecule has 1 aliphatic heterocycles. The van der Waals surface area contributed by atoms with Crippen molar-refractivity contribution in [2.24, 2.45) is 5.92 Å². The molecule has 1 fully saturated rings. The fourth-order valence-corrected chi connectivity index (χ4v) is 3.35. The molecule has 0 radical (unpaired) electrons. The predicted octanol–water partition coefficient (Wildman–Crippen LogP) is 3.37. The van der Waals surface area contributed by atoms with E-state index in [1.165, 1.54) is 0 Å². The molecule has 0 saturated carbocycles. The van der Waals surface area contributed by atoms with Gasteiger partial charge in [0.2, 0.25) is 0 Å². The van der Waals surface area contributed by atoms with Crippen molar-refractivity contribution in [1.82, 2.24) is 14.7 Å². The first kappa shape index (κ1) is 17.5. The van der Waals surface area contributed by atoms with E-state index in [0.717, 1.165) is 17.7 Å². The lowest BCUT2D eigenvalue weighted by Gasteiger charge is -2.25. The maximum absolute atomic E-state index is 12.7. The van der Waals surface area contributed by atoms with Crippen molar-refractivity contribution in [3.63, 3.8) is 0 Å².